The Bertz CT molecular complexity index is 971. The van der Waals surface area contributed by atoms with Crippen molar-refractivity contribution in [2.45, 2.75) is 39.5 Å². The van der Waals surface area contributed by atoms with Crippen molar-refractivity contribution in [3.8, 4) is 11.3 Å². The molecule has 0 aliphatic rings. The second-order valence-electron chi connectivity index (χ2n) is 6.71. The van der Waals surface area contributed by atoms with Crippen LogP contribution >= 0.6 is 0 Å². The molecular formula is C24H25NO2. The summed E-state index contributed by atoms with van der Waals surface area (Å²) in [5, 5.41) is 0. The highest BCUT2D eigenvalue weighted by Gasteiger charge is 2.13. The predicted octanol–water partition coefficient (Wildman–Crippen LogP) is 6.10. The second kappa shape index (κ2) is 9.13. The number of aryl methyl sites for hydroxylation is 2. The molecule has 3 nitrogen and oxygen atoms in total. The second-order valence-corrected chi connectivity index (χ2v) is 6.71. The number of rotatable bonds is 7. The minimum absolute atomic E-state index is 0.380. The van der Waals surface area contributed by atoms with E-state index in [-0.39, 0.29) is 5.63 Å². The first-order valence-corrected chi connectivity index (χ1v) is 9.51. The highest BCUT2D eigenvalue weighted by atomic mass is 16.4. The lowest BCUT2D eigenvalue weighted by Gasteiger charge is -2.09. The van der Waals surface area contributed by atoms with Gasteiger partial charge in [0.25, 0.3) is 0 Å². The molecular weight excluding hydrogens is 334 g/mol. The van der Waals surface area contributed by atoms with Crippen LogP contribution in [0.5, 0.6) is 0 Å². The van der Waals surface area contributed by atoms with Gasteiger partial charge in [-0.3, -0.25) is 0 Å². The van der Waals surface area contributed by atoms with Gasteiger partial charge in [-0.25, -0.2) is 9.79 Å². The summed E-state index contributed by atoms with van der Waals surface area (Å²) in [6.07, 6.45) is 5.83. The van der Waals surface area contributed by atoms with Gasteiger partial charge >= 0.3 is 5.63 Å². The fraction of sp³-hybridized carbons (Fsp3) is 0.250. The first-order chi connectivity index (χ1) is 13.2. The maximum atomic E-state index is 12.7. The number of unbranched alkanes of at least 4 members (excludes halogenated alkanes) is 2. The highest BCUT2D eigenvalue weighted by Crippen LogP contribution is 2.27. The van der Waals surface area contributed by atoms with Gasteiger partial charge < -0.3 is 4.42 Å². The van der Waals surface area contributed by atoms with E-state index in [1.807, 2.05) is 67.6 Å². The van der Waals surface area contributed by atoms with Crippen LogP contribution < -0.4 is 5.63 Å². The van der Waals surface area contributed by atoms with E-state index in [2.05, 4.69) is 11.9 Å². The molecule has 0 bridgehead atoms. The maximum Gasteiger partial charge on any atom is 0.362 e. The molecule has 3 aromatic rings. The maximum absolute atomic E-state index is 12.7. The molecule has 3 heteroatoms. The van der Waals surface area contributed by atoms with Gasteiger partial charge in [0.1, 0.15) is 5.76 Å². The summed E-state index contributed by atoms with van der Waals surface area (Å²) in [5.74, 6) is 0.614. The molecule has 1 heterocycles. The smallest absolute Gasteiger partial charge is 0.362 e. The average Bonchev–Trinajstić information content (AvgIpc) is 2.68. The van der Waals surface area contributed by atoms with Gasteiger partial charge in [0.15, 0.2) is 5.69 Å². The third-order valence-corrected chi connectivity index (χ3v) is 4.61. The van der Waals surface area contributed by atoms with Crippen molar-refractivity contribution in [2.75, 3.05) is 0 Å². The Labute approximate surface area is 160 Å². The molecule has 3 rings (SSSR count). The van der Waals surface area contributed by atoms with Gasteiger partial charge in [0.2, 0.25) is 0 Å². The lowest BCUT2D eigenvalue weighted by Crippen LogP contribution is -2.04. The molecule has 0 unspecified atom stereocenters. The third-order valence-electron chi connectivity index (χ3n) is 4.61. The summed E-state index contributed by atoms with van der Waals surface area (Å²) in [5.41, 5.74) is 3.97. The summed E-state index contributed by atoms with van der Waals surface area (Å²) >= 11 is 0. The zero-order valence-corrected chi connectivity index (χ0v) is 15.9. The van der Waals surface area contributed by atoms with Crippen LogP contribution in [0.4, 0.5) is 5.69 Å². The van der Waals surface area contributed by atoms with Crippen LogP contribution in [-0.4, -0.2) is 6.21 Å². The predicted molar refractivity (Wildman–Crippen MR) is 112 cm³/mol. The highest BCUT2D eigenvalue weighted by molar-refractivity contribution is 5.82. The molecule has 0 atom stereocenters. The molecule has 0 saturated carbocycles. The number of hydrogen-bond donors (Lipinski definition) is 0. The van der Waals surface area contributed by atoms with E-state index < -0.39 is 0 Å². The average molecular weight is 359 g/mol. The van der Waals surface area contributed by atoms with E-state index in [0.717, 1.165) is 47.9 Å². The lowest BCUT2D eigenvalue weighted by atomic mass is 10.0. The molecule has 0 amide bonds. The van der Waals surface area contributed by atoms with Crippen molar-refractivity contribution in [3.63, 3.8) is 0 Å². The molecule has 0 saturated heterocycles. The fourth-order valence-corrected chi connectivity index (χ4v) is 3.09. The Kier molecular flexibility index (Phi) is 6.37. The van der Waals surface area contributed by atoms with E-state index in [1.54, 1.807) is 6.21 Å². The lowest BCUT2D eigenvalue weighted by molar-refractivity contribution is 0.524. The van der Waals surface area contributed by atoms with E-state index in [9.17, 15) is 4.79 Å². The van der Waals surface area contributed by atoms with Crippen molar-refractivity contribution in [1.82, 2.24) is 0 Å². The van der Waals surface area contributed by atoms with E-state index >= 15 is 0 Å². The van der Waals surface area contributed by atoms with Crippen LogP contribution in [0.15, 0.2) is 74.9 Å². The largest absolute Gasteiger partial charge is 0.421 e. The molecule has 138 valence electrons. The Morgan fingerprint density at radius 1 is 1.00 bits per heavy atom. The molecule has 27 heavy (non-hydrogen) atoms. The Morgan fingerprint density at radius 2 is 1.74 bits per heavy atom. The first kappa shape index (κ1) is 18.8. The van der Waals surface area contributed by atoms with Gasteiger partial charge in [-0.1, -0.05) is 74.4 Å². The quantitative estimate of drug-likeness (QED) is 0.378. The van der Waals surface area contributed by atoms with E-state index in [0.29, 0.717) is 11.4 Å². The third kappa shape index (κ3) is 4.82. The van der Waals surface area contributed by atoms with Gasteiger partial charge in [0.05, 0.1) is 0 Å². The normalized spacial score (nSPS) is 11.2. The van der Waals surface area contributed by atoms with Gasteiger partial charge in [-0.15, -0.1) is 0 Å². The van der Waals surface area contributed by atoms with Gasteiger partial charge in [0, 0.05) is 11.8 Å². The SMILES string of the molecule is CCCCCc1cc(-c2ccccc2C)oc(=O)c1N=Cc1ccccc1. The number of nitrogens with zero attached hydrogens (tertiary/aromatic N) is 1. The van der Waals surface area contributed by atoms with Crippen LogP contribution in [0.1, 0.15) is 42.9 Å². The molecule has 0 fully saturated rings. The van der Waals surface area contributed by atoms with Crippen LogP contribution in [0.25, 0.3) is 11.3 Å². The minimum Gasteiger partial charge on any atom is -0.421 e. The zero-order valence-electron chi connectivity index (χ0n) is 15.9. The summed E-state index contributed by atoms with van der Waals surface area (Å²) in [4.78, 5) is 17.2. The van der Waals surface area contributed by atoms with Gasteiger partial charge in [-0.2, -0.15) is 0 Å². The van der Waals surface area contributed by atoms with E-state index in [4.69, 9.17) is 4.42 Å². The molecule has 0 radical (unpaired) electrons. The standard InChI is InChI=1S/C24H25NO2/c1-3-4-6-14-20-16-22(21-15-10-9-11-18(21)2)27-24(26)23(20)25-17-19-12-7-5-8-13-19/h5,7-13,15-17H,3-4,6,14H2,1-2H3. The van der Waals surface area contributed by atoms with Crippen molar-refractivity contribution in [2.24, 2.45) is 4.99 Å². The zero-order chi connectivity index (χ0) is 19.1. The molecule has 0 aliphatic heterocycles. The van der Waals surface area contributed by atoms with Crippen LogP contribution in [-0.2, 0) is 6.42 Å². The summed E-state index contributed by atoms with van der Waals surface area (Å²) in [7, 11) is 0. The number of aliphatic imine (C=N–C) groups is 1. The Morgan fingerprint density at radius 3 is 2.48 bits per heavy atom. The Hall–Kier alpha value is -2.94. The van der Waals surface area contributed by atoms with Crippen LogP contribution in [0.3, 0.4) is 0 Å². The molecule has 0 aliphatic carbocycles. The van der Waals surface area contributed by atoms with Crippen LogP contribution in [0, 0.1) is 6.92 Å². The molecule has 0 N–H and O–H groups in total. The van der Waals surface area contributed by atoms with E-state index in [1.165, 1.54) is 0 Å². The summed E-state index contributed by atoms with van der Waals surface area (Å²) in [6.45, 7) is 4.19. The molecule has 1 aromatic heterocycles. The minimum atomic E-state index is -0.380. The van der Waals surface area contributed by atoms with Gasteiger partial charge in [-0.05, 0) is 42.5 Å². The Balaban J connectivity index is 2.02. The first-order valence-electron chi connectivity index (χ1n) is 9.51. The van der Waals surface area contributed by atoms with Crippen molar-refractivity contribution < 1.29 is 4.42 Å². The summed E-state index contributed by atoms with van der Waals surface area (Å²) in [6, 6.07) is 19.7. The fourth-order valence-electron chi connectivity index (χ4n) is 3.09. The number of benzene rings is 2. The van der Waals surface area contributed by atoms with Crippen LogP contribution in [0.2, 0.25) is 0 Å². The van der Waals surface area contributed by atoms with Crippen molar-refractivity contribution in [3.05, 3.63) is 87.8 Å². The van der Waals surface area contributed by atoms with Crippen molar-refractivity contribution >= 4 is 11.9 Å². The monoisotopic (exact) mass is 359 g/mol. The summed E-state index contributed by atoms with van der Waals surface area (Å²) < 4.78 is 5.64. The molecule has 2 aromatic carbocycles. The topological polar surface area (TPSA) is 42.6 Å². The van der Waals surface area contributed by atoms with Crippen molar-refractivity contribution in [1.29, 1.82) is 0 Å². The number of hydrogen-bond acceptors (Lipinski definition) is 3. The molecule has 0 spiro atoms.